The van der Waals surface area contributed by atoms with Gasteiger partial charge in [0.15, 0.2) is 0 Å². The van der Waals surface area contributed by atoms with Gasteiger partial charge in [-0.3, -0.25) is 19.2 Å². The molecule has 0 aliphatic heterocycles. The molecule has 0 aromatic heterocycles. The Morgan fingerprint density at radius 2 is 0.889 bits per heavy atom. The Morgan fingerprint density at radius 1 is 0.472 bits per heavy atom. The second-order valence-corrected chi connectivity index (χ2v) is 21.0. The first-order valence-corrected chi connectivity index (χ1v) is 23.9. The van der Waals surface area contributed by atoms with E-state index in [1.165, 1.54) is 12.1 Å². The third-order valence-electron chi connectivity index (χ3n) is 9.52. The van der Waals surface area contributed by atoms with Gasteiger partial charge in [-0.05, 0) is 162 Å². The molecule has 22 heteroatoms. The summed E-state index contributed by atoms with van der Waals surface area (Å²) in [4.78, 5) is 105. The summed E-state index contributed by atoms with van der Waals surface area (Å²) in [5, 5.41) is 41.7. The average molecular weight is 1020 g/mol. The van der Waals surface area contributed by atoms with Crippen LogP contribution in [0.4, 0.5) is 19.2 Å². The number of ether oxygens (including phenoxy) is 4. The van der Waals surface area contributed by atoms with Gasteiger partial charge in [-0.2, -0.15) is 0 Å². The molecular formula is C50H78N8O14. The number of aromatic hydroxyl groups is 2. The lowest BCUT2D eigenvalue weighted by Gasteiger charge is -2.26. The van der Waals surface area contributed by atoms with Gasteiger partial charge in [0.1, 0.15) is 52.0 Å². The highest BCUT2D eigenvalue weighted by atomic mass is 16.6. The standard InChI is InChI=1S/C50H78N8O14/c1-30-26-31(18-20-37(30)59)32-19-21-38(60)33(27-32)28-36(58-46(68)72-50(11,12)13)42(64)57-35(17-15-23-53-44(66)70-48(5,6)7)41(63)55-29-39(61)56-34(16-14-22-52-43(65)69-47(2,3)4)40(62)51-24-25-54-45(67)71-49(8,9)10/h18-21,26-27,34-36,59-60H,14-17,22-25,28-29H2,1-13H3,(H,51,62)(H,52,65)(H,53,66)(H,54,67)(H,55,63)(H,56,61)(H,57,64)(H,58,68)/t34-,35-,36-/m0/s1. The first-order valence-electron chi connectivity index (χ1n) is 23.9. The summed E-state index contributed by atoms with van der Waals surface area (Å²) in [5.41, 5.74) is -1.08. The highest BCUT2D eigenvalue weighted by Crippen LogP contribution is 2.30. The molecule has 0 fully saturated rings. The largest absolute Gasteiger partial charge is 0.508 e. The molecular weight excluding hydrogens is 937 g/mol. The molecule has 402 valence electrons. The number of hydrogen-bond donors (Lipinski definition) is 10. The quantitative estimate of drug-likeness (QED) is 0.0558. The fourth-order valence-corrected chi connectivity index (χ4v) is 6.40. The third-order valence-corrected chi connectivity index (χ3v) is 9.52. The number of phenolic OH excluding ortho intramolecular Hbond substituents is 2. The summed E-state index contributed by atoms with van der Waals surface area (Å²) < 4.78 is 21.2. The second-order valence-electron chi connectivity index (χ2n) is 21.0. The number of alkyl carbamates (subject to hydrolysis) is 4. The smallest absolute Gasteiger partial charge is 0.408 e. The number of carbonyl (C=O) groups is 8. The Morgan fingerprint density at radius 3 is 1.38 bits per heavy atom. The minimum absolute atomic E-state index is 0.000787. The Bertz CT molecular complexity index is 2190. The minimum Gasteiger partial charge on any atom is -0.508 e. The van der Waals surface area contributed by atoms with E-state index in [1.54, 1.807) is 114 Å². The van der Waals surface area contributed by atoms with E-state index in [0.29, 0.717) is 16.7 Å². The molecule has 10 N–H and O–H groups in total. The van der Waals surface area contributed by atoms with Gasteiger partial charge in [0.05, 0.1) is 6.54 Å². The predicted molar refractivity (Wildman–Crippen MR) is 268 cm³/mol. The van der Waals surface area contributed by atoms with E-state index in [1.807, 2.05) is 0 Å². The molecule has 3 atom stereocenters. The highest BCUT2D eigenvalue weighted by Gasteiger charge is 2.31. The molecule has 0 saturated carbocycles. The Kier molecular flexibility index (Phi) is 23.4. The number of phenols is 2. The fourth-order valence-electron chi connectivity index (χ4n) is 6.40. The van der Waals surface area contributed by atoms with Crippen LogP contribution in [-0.4, -0.2) is 131 Å². The number of hydrogen-bond acceptors (Lipinski definition) is 14. The van der Waals surface area contributed by atoms with Crippen molar-refractivity contribution < 1.29 is 67.5 Å². The van der Waals surface area contributed by atoms with Gasteiger partial charge in [-0.1, -0.05) is 12.1 Å². The maximum absolute atomic E-state index is 14.3. The predicted octanol–water partition coefficient (Wildman–Crippen LogP) is 4.85. The SMILES string of the molecule is Cc1cc(-c2ccc(O)c(C[C@H](NC(=O)OC(C)(C)C)C(=O)N[C@@H](CCCNC(=O)OC(C)(C)C)C(=O)NCC(=O)N[C@@H](CCCNC(=O)OC(C)(C)C)C(=O)NCCNC(=O)OC(C)(C)C)c2)ccc1O. The summed E-state index contributed by atoms with van der Waals surface area (Å²) in [6.07, 6.45) is -3.07. The van der Waals surface area contributed by atoms with Crippen molar-refractivity contribution in [3.8, 4) is 22.6 Å². The van der Waals surface area contributed by atoms with Crippen molar-refractivity contribution in [2.45, 2.75) is 163 Å². The number of carbonyl (C=O) groups excluding carboxylic acids is 8. The molecule has 8 amide bonds. The monoisotopic (exact) mass is 1010 g/mol. The summed E-state index contributed by atoms with van der Waals surface area (Å²) in [7, 11) is 0. The van der Waals surface area contributed by atoms with Gasteiger partial charge in [-0.15, -0.1) is 0 Å². The molecule has 0 radical (unpaired) electrons. The van der Waals surface area contributed by atoms with E-state index in [-0.39, 0.29) is 75.3 Å². The lowest BCUT2D eigenvalue weighted by Crippen LogP contribution is -2.56. The first kappa shape index (κ1) is 61.1. The molecule has 22 nitrogen and oxygen atoms in total. The zero-order valence-corrected chi connectivity index (χ0v) is 44.1. The van der Waals surface area contributed by atoms with E-state index in [2.05, 4.69) is 42.5 Å². The molecule has 2 aromatic rings. The molecule has 2 aromatic carbocycles. The van der Waals surface area contributed by atoms with Gasteiger partial charge in [-0.25, -0.2) is 19.2 Å². The third kappa shape index (κ3) is 25.7. The number of amides is 8. The molecule has 0 heterocycles. The maximum Gasteiger partial charge on any atom is 0.408 e. The van der Waals surface area contributed by atoms with Crippen LogP contribution in [0.2, 0.25) is 0 Å². The average Bonchev–Trinajstić information content (AvgIpc) is 3.22. The van der Waals surface area contributed by atoms with Crippen molar-refractivity contribution in [1.82, 2.24) is 42.5 Å². The van der Waals surface area contributed by atoms with Crippen molar-refractivity contribution in [2.24, 2.45) is 0 Å². The number of aryl methyl sites for hydroxylation is 1. The molecule has 0 unspecified atom stereocenters. The van der Waals surface area contributed by atoms with Crippen LogP contribution in [0.15, 0.2) is 36.4 Å². The van der Waals surface area contributed by atoms with Crippen LogP contribution in [0, 0.1) is 6.92 Å². The second kappa shape index (κ2) is 27.6. The summed E-state index contributed by atoms with van der Waals surface area (Å²) in [5.74, 6) is -3.24. The lowest BCUT2D eigenvalue weighted by atomic mass is 9.97. The minimum atomic E-state index is -1.44. The van der Waals surface area contributed by atoms with Crippen molar-refractivity contribution in [1.29, 1.82) is 0 Å². The number of benzene rings is 2. The topological polar surface area (TPSA) is 310 Å². The van der Waals surface area contributed by atoms with Crippen LogP contribution >= 0.6 is 0 Å². The summed E-state index contributed by atoms with van der Waals surface area (Å²) in [6.45, 7) is 21.3. The molecule has 0 aliphatic carbocycles. The maximum atomic E-state index is 14.3. The molecule has 72 heavy (non-hydrogen) atoms. The van der Waals surface area contributed by atoms with Gasteiger partial charge in [0.25, 0.3) is 0 Å². The fraction of sp³-hybridized carbons (Fsp3) is 0.600. The Balaban J connectivity index is 2.36. The van der Waals surface area contributed by atoms with Gasteiger partial charge in [0, 0.05) is 32.6 Å². The van der Waals surface area contributed by atoms with Gasteiger partial charge < -0.3 is 71.7 Å². The van der Waals surface area contributed by atoms with Crippen LogP contribution in [0.5, 0.6) is 11.5 Å². The normalized spacial score (nSPS) is 12.9. The van der Waals surface area contributed by atoms with Gasteiger partial charge in [0.2, 0.25) is 23.6 Å². The van der Waals surface area contributed by atoms with Crippen LogP contribution in [0.1, 0.15) is 120 Å². The van der Waals surface area contributed by atoms with Crippen molar-refractivity contribution in [2.75, 3.05) is 32.7 Å². The molecule has 0 bridgehead atoms. The van der Waals surface area contributed by atoms with Crippen molar-refractivity contribution in [3.63, 3.8) is 0 Å². The van der Waals surface area contributed by atoms with E-state index in [9.17, 15) is 48.6 Å². The molecule has 2 rings (SSSR count). The number of nitrogens with one attached hydrogen (secondary N) is 8. The lowest BCUT2D eigenvalue weighted by molar-refractivity contribution is -0.132. The van der Waals surface area contributed by atoms with E-state index < -0.39 is 95.1 Å². The number of rotatable bonds is 22. The molecule has 0 saturated heterocycles. The highest BCUT2D eigenvalue weighted by molar-refractivity contribution is 5.94. The zero-order valence-electron chi connectivity index (χ0n) is 44.1. The summed E-state index contributed by atoms with van der Waals surface area (Å²) >= 11 is 0. The molecule has 0 aliphatic rings. The Hall–Kier alpha value is -7.00. The van der Waals surface area contributed by atoms with E-state index in [4.69, 9.17) is 18.9 Å². The zero-order chi connectivity index (χ0) is 54.6. The van der Waals surface area contributed by atoms with Crippen molar-refractivity contribution >= 4 is 48.0 Å². The van der Waals surface area contributed by atoms with E-state index >= 15 is 0 Å². The van der Waals surface area contributed by atoms with Crippen LogP contribution in [0.25, 0.3) is 11.1 Å². The van der Waals surface area contributed by atoms with Crippen LogP contribution < -0.4 is 42.5 Å². The van der Waals surface area contributed by atoms with Crippen LogP contribution in [0.3, 0.4) is 0 Å². The van der Waals surface area contributed by atoms with E-state index in [0.717, 1.165) is 0 Å². The molecule has 0 spiro atoms. The summed E-state index contributed by atoms with van der Waals surface area (Å²) in [6, 6.07) is 5.66. The van der Waals surface area contributed by atoms with Crippen molar-refractivity contribution in [3.05, 3.63) is 47.5 Å². The van der Waals surface area contributed by atoms with Crippen LogP contribution in [-0.2, 0) is 44.5 Å². The Labute approximate surface area is 422 Å². The first-order chi connectivity index (χ1) is 33.2. The van der Waals surface area contributed by atoms with Gasteiger partial charge >= 0.3 is 24.4 Å².